The molecule has 4 nitrogen and oxygen atoms in total. The minimum absolute atomic E-state index is 0.248. The lowest BCUT2D eigenvalue weighted by molar-refractivity contribution is 0.475. The molecular formula is C37H30N2O2. The first kappa shape index (κ1) is 25.8. The highest BCUT2D eigenvalue weighted by Crippen LogP contribution is 2.37. The van der Waals surface area contributed by atoms with Crippen LogP contribution < -0.4 is 9.80 Å². The van der Waals surface area contributed by atoms with E-state index < -0.39 is 0 Å². The van der Waals surface area contributed by atoms with Crippen molar-refractivity contribution >= 4 is 34.1 Å². The first-order valence-electron chi connectivity index (χ1n) is 13.6. The molecule has 200 valence electrons. The van der Waals surface area contributed by atoms with Gasteiger partial charge in [-0.2, -0.15) is 0 Å². The molecular weight excluding hydrogens is 504 g/mol. The maximum Gasteiger partial charge on any atom is 0.115 e. The van der Waals surface area contributed by atoms with E-state index >= 15 is 0 Å². The minimum Gasteiger partial charge on any atom is -0.508 e. The van der Waals surface area contributed by atoms with Crippen molar-refractivity contribution in [1.82, 2.24) is 0 Å². The number of benzene rings is 6. The summed E-state index contributed by atoms with van der Waals surface area (Å²) in [5.41, 5.74) is 8.61. The largest absolute Gasteiger partial charge is 0.508 e. The van der Waals surface area contributed by atoms with E-state index in [4.69, 9.17) is 0 Å². The molecule has 0 aliphatic carbocycles. The van der Waals surface area contributed by atoms with E-state index in [1.54, 1.807) is 24.3 Å². The predicted octanol–water partition coefficient (Wildman–Crippen LogP) is 9.63. The molecule has 0 unspecified atom stereocenters. The molecule has 0 radical (unpaired) electrons. The van der Waals surface area contributed by atoms with Crippen LogP contribution in [0.3, 0.4) is 0 Å². The van der Waals surface area contributed by atoms with E-state index in [0.29, 0.717) is 0 Å². The summed E-state index contributed by atoms with van der Waals surface area (Å²) < 4.78 is 0. The first-order chi connectivity index (χ1) is 20.1. The Morgan fingerprint density at radius 1 is 0.317 bits per heavy atom. The molecule has 0 aliphatic heterocycles. The van der Waals surface area contributed by atoms with Gasteiger partial charge in [0.1, 0.15) is 11.5 Å². The van der Waals surface area contributed by atoms with Crippen molar-refractivity contribution < 1.29 is 10.2 Å². The van der Waals surface area contributed by atoms with E-state index in [1.165, 1.54) is 11.1 Å². The summed E-state index contributed by atoms with van der Waals surface area (Å²) in [5.74, 6) is 0.496. The highest BCUT2D eigenvalue weighted by atomic mass is 16.3. The number of anilines is 6. The van der Waals surface area contributed by atoms with E-state index in [9.17, 15) is 10.2 Å². The van der Waals surface area contributed by atoms with Crippen LogP contribution in [0.4, 0.5) is 34.1 Å². The molecule has 6 aromatic rings. The Hall–Kier alpha value is -5.48. The van der Waals surface area contributed by atoms with Gasteiger partial charge in [0.25, 0.3) is 0 Å². The number of nitrogens with zero attached hydrogens (tertiary/aromatic N) is 2. The van der Waals surface area contributed by atoms with Gasteiger partial charge < -0.3 is 20.0 Å². The molecule has 0 atom stereocenters. The highest BCUT2D eigenvalue weighted by molar-refractivity contribution is 5.78. The van der Waals surface area contributed by atoms with Gasteiger partial charge in [-0.3, -0.25) is 0 Å². The maximum atomic E-state index is 9.80. The lowest BCUT2D eigenvalue weighted by Gasteiger charge is -2.26. The van der Waals surface area contributed by atoms with E-state index in [2.05, 4.69) is 82.6 Å². The van der Waals surface area contributed by atoms with Crippen molar-refractivity contribution in [2.75, 3.05) is 9.80 Å². The van der Waals surface area contributed by atoms with Gasteiger partial charge in [-0.25, -0.2) is 0 Å². The minimum atomic E-state index is 0.248. The van der Waals surface area contributed by atoms with E-state index in [-0.39, 0.29) is 11.5 Å². The van der Waals surface area contributed by atoms with Gasteiger partial charge in [0.05, 0.1) is 0 Å². The van der Waals surface area contributed by atoms with Gasteiger partial charge in [-0.15, -0.1) is 0 Å². The van der Waals surface area contributed by atoms with Crippen LogP contribution in [0.5, 0.6) is 11.5 Å². The Morgan fingerprint density at radius 3 is 0.902 bits per heavy atom. The molecule has 0 fully saturated rings. The zero-order valence-electron chi connectivity index (χ0n) is 22.5. The van der Waals surface area contributed by atoms with Crippen molar-refractivity contribution in [3.63, 3.8) is 0 Å². The molecule has 0 spiro atoms. The van der Waals surface area contributed by atoms with Crippen LogP contribution in [0.25, 0.3) is 0 Å². The third kappa shape index (κ3) is 5.92. The fraction of sp³-hybridized carbons (Fsp3) is 0.0270. The molecule has 4 heteroatoms. The number of phenols is 2. The number of phenolic OH excluding ortho intramolecular Hbond substituents is 2. The lowest BCUT2D eigenvalue weighted by atomic mass is 10.0. The number of hydrogen-bond acceptors (Lipinski definition) is 4. The van der Waals surface area contributed by atoms with Crippen LogP contribution in [0.1, 0.15) is 11.1 Å². The molecule has 0 saturated carbocycles. The molecule has 0 heterocycles. The van der Waals surface area contributed by atoms with Crippen molar-refractivity contribution in [3.8, 4) is 11.5 Å². The van der Waals surface area contributed by atoms with Gasteiger partial charge in [-0.05, 0) is 115 Å². The second-order valence-corrected chi connectivity index (χ2v) is 9.88. The van der Waals surface area contributed by atoms with Gasteiger partial charge in [0.15, 0.2) is 0 Å². The van der Waals surface area contributed by atoms with Crippen LogP contribution in [0, 0.1) is 0 Å². The average molecular weight is 535 g/mol. The van der Waals surface area contributed by atoms with Crippen LogP contribution in [0.15, 0.2) is 158 Å². The summed E-state index contributed by atoms with van der Waals surface area (Å²) >= 11 is 0. The van der Waals surface area contributed by atoms with Crippen molar-refractivity contribution in [3.05, 3.63) is 169 Å². The zero-order valence-corrected chi connectivity index (χ0v) is 22.5. The highest BCUT2D eigenvalue weighted by Gasteiger charge is 2.14. The summed E-state index contributed by atoms with van der Waals surface area (Å²) in [6, 6.07) is 52.3. The van der Waals surface area contributed by atoms with Crippen LogP contribution >= 0.6 is 0 Å². The molecule has 6 rings (SSSR count). The summed E-state index contributed by atoms with van der Waals surface area (Å²) in [5, 5.41) is 19.6. The van der Waals surface area contributed by atoms with Gasteiger partial charge in [-0.1, -0.05) is 60.7 Å². The first-order valence-corrected chi connectivity index (χ1v) is 13.6. The summed E-state index contributed by atoms with van der Waals surface area (Å²) in [6.07, 6.45) is 0.815. The standard InChI is InChI=1S/C37H30N2O2/c40-36-23-19-34(20-24-36)38(30-7-3-1-4-8-30)32-15-11-28(12-16-32)27-29-13-17-33(18-14-29)39(31-9-5-2-6-10-31)35-21-25-37(41)26-22-35/h1-26,40-41H,27H2. The van der Waals surface area contributed by atoms with E-state index in [1.807, 2.05) is 60.7 Å². The fourth-order valence-electron chi connectivity index (χ4n) is 5.01. The molecule has 0 bridgehead atoms. The van der Waals surface area contributed by atoms with Gasteiger partial charge in [0, 0.05) is 34.1 Å². The predicted molar refractivity (Wildman–Crippen MR) is 168 cm³/mol. The number of hydrogen-bond donors (Lipinski definition) is 2. The van der Waals surface area contributed by atoms with Crippen LogP contribution in [-0.4, -0.2) is 10.2 Å². The molecule has 0 amide bonds. The summed E-state index contributed by atoms with van der Waals surface area (Å²) in [7, 11) is 0. The van der Waals surface area contributed by atoms with Crippen LogP contribution in [-0.2, 0) is 6.42 Å². The normalized spacial score (nSPS) is 10.7. The summed E-state index contributed by atoms with van der Waals surface area (Å²) in [4.78, 5) is 4.36. The van der Waals surface area contributed by atoms with E-state index in [0.717, 1.165) is 40.5 Å². The lowest BCUT2D eigenvalue weighted by Crippen LogP contribution is -2.10. The fourth-order valence-corrected chi connectivity index (χ4v) is 5.01. The zero-order chi connectivity index (χ0) is 28.0. The Balaban J connectivity index is 1.24. The molecule has 0 aliphatic rings. The Labute approximate surface area is 240 Å². The molecule has 41 heavy (non-hydrogen) atoms. The Bertz CT molecular complexity index is 1550. The topological polar surface area (TPSA) is 46.9 Å². The molecule has 0 aromatic heterocycles. The second kappa shape index (κ2) is 11.7. The average Bonchev–Trinajstić information content (AvgIpc) is 3.02. The van der Waals surface area contributed by atoms with Crippen molar-refractivity contribution in [2.45, 2.75) is 6.42 Å². The van der Waals surface area contributed by atoms with Crippen molar-refractivity contribution in [2.24, 2.45) is 0 Å². The smallest absolute Gasteiger partial charge is 0.115 e. The van der Waals surface area contributed by atoms with Crippen molar-refractivity contribution in [1.29, 1.82) is 0 Å². The third-order valence-electron chi connectivity index (χ3n) is 7.04. The molecule has 6 aromatic carbocycles. The monoisotopic (exact) mass is 534 g/mol. The maximum absolute atomic E-state index is 9.80. The Kier molecular flexibility index (Phi) is 7.37. The van der Waals surface area contributed by atoms with Crippen LogP contribution in [0.2, 0.25) is 0 Å². The summed E-state index contributed by atoms with van der Waals surface area (Å²) in [6.45, 7) is 0. The molecule has 2 N–H and O–H groups in total. The number of rotatable bonds is 8. The molecule has 0 saturated heterocycles. The third-order valence-corrected chi connectivity index (χ3v) is 7.04. The van der Waals surface area contributed by atoms with Gasteiger partial charge >= 0.3 is 0 Å². The second-order valence-electron chi connectivity index (χ2n) is 9.88. The van der Waals surface area contributed by atoms with Gasteiger partial charge in [0.2, 0.25) is 0 Å². The SMILES string of the molecule is Oc1ccc(N(c2ccccc2)c2ccc(Cc3ccc(N(c4ccccc4)c4ccc(O)cc4)cc3)cc2)cc1. The number of aromatic hydroxyl groups is 2. The Morgan fingerprint density at radius 2 is 0.585 bits per heavy atom. The number of para-hydroxylation sites is 2. The quantitative estimate of drug-likeness (QED) is 0.204.